The third kappa shape index (κ3) is 4.00. The molecule has 19 heavy (non-hydrogen) atoms. The molecule has 0 radical (unpaired) electrons. The Morgan fingerprint density at radius 3 is 2.58 bits per heavy atom. The second kappa shape index (κ2) is 5.66. The molecule has 0 amide bonds. The number of carbonyl (C=O) groups excluding carboxylic acids is 1. The van der Waals surface area contributed by atoms with Crippen molar-refractivity contribution in [3.05, 3.63) is 35.9 Å². The molecule has 1 aromatic carbocycles. The molecular formula is C16H21NO2. The number of ketones is 1. The highest BCUT2D eigenvalue weighted by atomic mass is 16.3. The van der Waals surface area contributed by atoms with Gasteiger partial charge in [-0.1, -0.05) is 44.2 Å². The van der Waals surface area contributed by atoms with Gasteiger partial charge < -0.3 is 5.11 Å². The summed E-state index contributed by atoms with van der Waals surface area (Å²) in [4.78, 5) is 16.1. The third-order valence-electron chi connectivity index (χ3n) is 3.43. The number of aliphatic imine (C=N–C) groups is 1. The van der Waals surface area contributed by atoms with Crippen molar-refractivity contribution in [2.75, 3.05) is 6.54 Å². The SMILES string of the molecule is CC1(C)CC(=O)CC(=NC[C@H](O)c2ccccc2)C1. The molecule has 1 atom stereocenters. The molecule has 0 bridgehead atoms. The first kappa shape index (κ1) is 13.9. The van der Waals surface area contributed by atoms with Crippen LogP contribution in [0.15, 0.2) is 35.3 Å². The van der Waals surface area contributed by atoms with E-state index in [1.165, 1.54) is 0 Å². The van der Waals surface area contributed by atoms with E-state index >= 15 is 0 Å². The zero-order valence-corrected chi connectivity index (χ0v) is 11.6. The first-order valence-corrected chi connectivity index (χ1v) is 6.73. The van der Waals surface area contributed by atoms with Gasteiger partial charge in [-0.15, -0.1) is 0 Å². The monoisotopic (exact) mass is 259 g/mol. The standard InChI is InChI=1S/C16H21NO2/c1-16(2)9-13(8-14(18)10-16)17-11-15(19)12-6-4-3-5-7-12/h3-7,15,19H,8-11H2,1-2H3/t15-/m0/s1. The van der Waals surface area contributed by atoms with E-state index < -0.39 is 6.10 Å². The van der Waals surface area contributed by atoms with Gasteiger partial charge in [-0.05, 0) is 17.4 Å². The maximum absolute atomic E-state index is 11.7. The lowest BCUT2D eigenvalue weighted by atomic mass is 9.76. The van der Waals surface area contributed by atoms with Gasteiger partial charge >= 0.3 is 0 Å². The smallest absolute Gasteiger partial charge is 0.139 e. The van der Waals surface area contributed by atoms with Gasteiger partial charge in [-0.3, -0.25) is 9.79 Å². The van der Waals surface area contributed by atoms with Gasteiger partial charge in [0.1, 0.15) is 5.78 Å². The fraction of sp³-hybridized carbons (Fsp3) is 0.500. The number of hydrogen-bond acceptors (Lipinski definition) is 3. The molecular weight excluding hydrogens is 238 g/mol. The van der Waals surface area contributed by atoms with Crippen molar-refractivity contribution < 1.29 is 9.90 Å². The summed E-state index contributed by atoms with van der Waals surface area (Å²) < 4.78 is 0. The first-order valence-electron chi connectivity index (χ1n) is 6.73. The van der Waals surface area contributed by atoms with Crippen LogP contribution in [0.2, 0.25) is 0 Å². The number of benzene rings is 1. The average molecular weight is 259 g/mol. The summed E-state index contributed by atoms with van der Waals surface area (Å²) in [6.07, 6.45) is 1.34. The molecule has 102 valence electrons. The summed E-state index contributed by atoms with van der Waals surface area (Å²) in [5.74, 6) is 0.254. The van der Waals surface area contributed by atoms with Gasteiger partial charge in [0.05, 0.1) is 12.6 Å². The molecule has 3 nitrogen and oxygen atoms in total. The maximum atomic E-state index is 11.7. The molecule has 1 aliphatic rings. The zero-order chi connectivity index (χ0) is 13.9. The molecule has 2 rings (SSSR count). The Kier molecular flexibility index (Phi) is 4.15. The van der Waals surface area contributed by atoms with Crippen LogP contribution in [0.25, 0.3) is 0 Å². The maximum Gasteiger partial charge on any atom is 0.139 e. The van der Waals surface area contributed by atoms with E-state index in [1.807, 2.05) is 30.3 Å². The van der Waals surface area contributed by atoms with Crippen LogP contribution in [-0.4, -0.2) is 23.1 Å². The molecule has 1 aliphatic carbocycles. The van der Waals surface area contributed by atoms with Gasteiger partial charge in [-0.25, -0.2) is 0 Å². The quantitative estimate of drug-likeness (QED) is 0.907. The lowest BCUT2D eigenvalue weighted by molar-refractivity contribution is -0.120. The number of aliphatic hydroxyl groups is 1. The predicted octanol–water partition coefficient (Wildman–Crippen LogP) is 2.94. The van der Waals surface area contributed by atoms with E-state index in [0.29, 0.717) is 19.4 Å². The second-order valence-corrected chi connectivity index (χ2v) is 6.07. The summed E-state index contributed by atoms with van der Waals surface area (Å²) in [5.41, 5.74) is 1.80. The van der Waals surface area contributed by atoms with Crippen molar-refractivity contribution >= 4 is 11.5 Å². The Bertz CT molecular complexity index is 477. The molecule has 0 spiro atoms. The Balaban J connectivity index is 2.00. The summed E-state index contributed by atoms with van der Waals surface area (Å²) >= 11 is 0. The Morgan fingerprint density at radius 2 is 1.95 bits per heavy atom. The molecule has 3 heteroatoms. The minimum atomic E-state index is -0.589. The molecule has 1 fully saturated rings. The number of carbonyl (C=O) groups is 1. The van der Waals surface area contributed by atoms with Crippen LogP contribution < -0.4 is 0 Å². The molecule has 1 aromatic rings. The van der Waals surface area contributed by atoms with Gasteiger partial charge in [0.15, 0.2) is 0 Å². The number of hydrogen-bond donors (Lipinski definition) is 1. The summed E-state index contributed by atoms with van der Waals surface area (Å²) in [6, 6.07) is 9.50. The van der Waals surface area contributed by atoms with Gasteiger partial charge in [0.25, 0.3) is 0 Å². The van der Waals surface area contributed by atoms with Crippen LogP contribution >= 0.6 is 0 Å². The van der Waals surface area contributed by atoms with Crippen molar-refractivity contribution in [3.63, 3.8) is 0 Å². The van der Waals surface area contributed by atoms with E-state index in [-0.39, 0.29) is 11.2 Å². The minimum Gasteiger partial charge on any atom is -0.386 e. The van der Waals surface area contributed by atoms with Crippen molar-refractivity contribution in [3.8, 4) is 0 Å². The number of Topliss-reactive ketones (excluding diaryl/α,β-unsaturated/α-hetero) is 1. The highest BCUT2D eigenvalue weighted by Gasteiger charge is 2.30. The fourth-order valence-electron chi connectivity index (χ4n) is 2.61. The highest BCUT2D eigenvalue weighted by Crippen LogP contribution is 2.32. The molecule has 0 saturated heterocycles. The van der Waals surface area contributed by atoms with Gasteiger partial charge in [-0.2, -0.15) is 0 Å². The van der Waals surface area contributed by atoms with Crippen molar-refractivity contribution in [2.24, 2.45) is 10.4 Å². The third-order valence-corrected chi connectivity index (χ3v) is 3.43. The predicted molar refractivity (Wildman–Crippen MR) is 76.3 cm³/mol. The van der Waals surface area contributed by atoms with Crippen molar-refractivity contribution in [1.82, 2.24) is 0 Å². The van der Waals surface area contributed by atoms with Crippen LogP contribution in [0.4, 0.5) is 0 Å². The zero-order valence-electron chi connectivity index (χ0n) is 11.6. The number of rotatable bonds is 3. The molecule has 1 saturated carbocycles. The fourth-order valence-corrected chi connectivity index (χ4v) is 2.61. The second-order valence-electron chi connectivity index (χ2n) is 6.07. The Labute approximate surface area is 114 Å². The van der Waals surface area contributed by atoms with E-state index in [4.69, 9.17) is 0 Å². The normalized spacial score (nSPS) is 22.5. The van der Waals surface area contributed by atoms with Crippen molar-refractivity contribution in [2.45, 2.75) is 39.2 Å². The van der Waals surface area contributed by atoms with E-state index in [2.05, 4.69) is 18.8 Å². The summed E-state index contributed by atoms with van der Waals surface area (Å²) in [7, 11) is 0. The molecule has 0 heterocycles. The summed E-state index contributed by atoms with van der Waals surface area (Å²) in [6.45, 7) is 4.52. The van der Waals surface area contributed by atoms with Crippen LogP contribution in [-0.2, 0) is 4.79 Å². The van der Waals surface area contributed by atoms with E-state index in [9.17, 15) is 9.90 Å². The van der Waals surface area contributed by atoms with Crippen LogP contribution in [0.3, 0.4) is 0 Å². The van der Waals surface area contributed by atoms with E-state index in [0.717, 1.165) is 17.7 Å². The molecule has 0 aliphatic heterocycles. The first-order chi connectivity index (χ1) is 8.96. The molecule has 1 N–H and O–H groups in total. The average Bonchev–Trinajstić information content (AvgIpc) is 2.34. The highest BCUT2D eigenvalue weighted by molar-refractivity contribution is 6.04. The number of aliphatic hydroxyl groups excluding tert-OH is 1. The minimum absolute atomic E-state index is 0.00582. The lowest BCUT2D eigenvalue weighted by Gasteiger charge is -2.29. The summed E-state index contributed by atoms with van der Waals surface area (Å²) in [5, 5.41) is 10.1. The van der Waals surface area contributed by atoms with Gasteiger partial charge in [0.2, 0.25) is 0 Å². The van der Waals surface area contributed by atoms with Crippen LogP contribution in [0.1, 0.15) is 44.8 Å². The molecule has 0 aromatic heterocycles. The lowest BCUT2D eigenvalue weighted by Crippen LogP contribution is -2.29. The molecule has 0 unspecified atom stereocenters. The largest absolute Gasteiger partial charge is 0.386 e. The number of nitrogens with zero attached hydrogens (tertiary/aromatic N) is 1. The Morgan fingerprint density at radius 1 is 1.26 bits per heavy atom. The van der Waals surface area contributed by atoms with Crippen LogP contribution in [0, 0.1) is 5.41 Å². The van der Waals surface area contributed by atoms with E-state index in [1.54, 1.807) is 0 Å². The van der Waals surface area contributed by atoms with Crippen LogP contribution in [0.5, 0.6) is 0 Å². The Hall–Kier alpha value is -1.48. The van der Waals surface area contributed by atoms with Crippen molar-refractivity contribution in [1.29, 1.82) is 0 Å². The van der Waals surface area contributed by atoms with Gasteiger partial charge in [0, 0.05) is 18.6 Å². The topological polar surface area (TPSA) is 49.7 Å².